The molecule has 1 aliphatic heterocycles. The zero-order chi connectivity index (χ0) is 19.7. The van der Waals surface area contributed by atoms with Crippen molar-refractivity contribution in [2.45, 2.75) is 37.2 Å². The lowest BCUT2D eigenvalue weighted by atomic mass is 10.0. The molecule has 3 N–H and O–H groups in total. The fourth-order valence-electron chi connectivity index (χ4n) is 2.83. The van der Waals surface area contributed by atoms with Crippen molar-refractivity contribution in [3.63, 3.8) is 0 Å². The smallest absolute Gasteiger partial charge is 0.337 e. The molecule has 1 fully saturated rings. The summed E-state index contributed by atoms with van der Waals surface area (Å²) < 4.78 is 28.4. The van der Waals surface area contributed by atoms with E-state index >= 15 is 0 Å². The predicted octanol–water partition coefficient (Wildman–Crippen LogP) is 0.0111. The van der Waals surface area contributed by atoms with E-state index in [1.54, 1.807) is 0 Å². The van der Waals surface area contributed by atoms with E-state index in [0.717, 1.165) is 19.8 Å². The Morgan fingerprint density at radius 1 is 1.42 bits per heavy atom. The van der Waals surface area contributed by atoms with Crippen LogP contribution in [0.15, 0.2) is 17.2 Å². The van der Waals surface area contributed by atoms with Gasteiger partial charge in [0.1, 0.15) is 10.6 Å². The van der Waals surface area contributed by atoms with Gasteiger partial charge < -0.3 is 20.1 Å². The molecule has 2 unspecified atom stereocenters. The van der Waals surface area contributed by atoms with Gasteiger partial charge in [0.05, 0.1) is 6.54 Å². The summed E-state index contributed by atoms with van der Waals surface area (Å²) in [6.45, 7) is 3.46. The summed E-state index contributed by atoms with van der Waals surface area (Å²) in [6.07, 6.45) is 3.14. The molecule has 1 aromatic heterocycles. The summed E-state index contributed by atoms with van der Waals surface area (Å²) in [4.78, 5) is 23.2. The van der Waals surface area contributed by atoms with Gasteiger partial charge in [-0.3, -0.25) is 4.79 Å². The van der Waals surface area contributed by atoms with Gasteiger partial charge in [-0.25, -0.2) is 13.2 Å². The number of nitrogens with zero attached hydrogens (tertiary/aromatic N) is 2. The van der Waals surface area contributed by atoms with E-state index in [-0.39, 0.29) is 16.5 Å². The van der Waals surface area contributed by atoms with E-state index in [1.807, 2.05) is 6.92 Å². The van der Waals surface area contributed by atoms with Crippen LogP contribution in [0.2, 0.25) is 0 Å². The average Bonchev–Trinajstić information content (AvgIpc) is 2.95. The molecular formula is C16H25N3O6S. The fraction of sp³-hybridized carbons (Fsp3) is 0.625. The first-order chi connectivity index (χ1) is 11.9. The minimum Gasteiger partial charge on any atom is -0.479 e. The first kappa shape index (κ1) is 20.4. The van der Waals surface area contributed by atoms with Crippen LogP contribution in [0.5, 0.6) is 0 Å². The lowest BCUT2D eigenvalue weighted by Gasteiger charge is -2.29. The van der Waals surface area contributed by atoms with Crippen LogP contribution in [0.1, 0.15) is 37.2 Å². The summed E-state index contributed by atoms with van der Waals surface area (Å²) in [5.41, 5.74) is -2.05. The molecule has 0 saturated carbocycles. The summed E-state index contributed by atoms with van der Waals surface area (Å²) in [5, 5.41) is 20.8. The summed E-state index contributed by atoms with van der Waals surface area (Å²) in [5.74, 6) is -1.85. The number of carbonyl (C=O) groups is 2. The number of aromatic nitrogens is 1. The van der Waals surface area contributed by atoms with Crippen molar-refractivity contribution < 1.29 is 28.2 Å². The van der Waals surface area contributed by atoms with Crippen molar-refractivity contribution in [3.05, 3.63) is 18.0 Å². The third-order valence-corrected chi connectivity index (χ3v) is 6.35. The van der Waals surface area contributed by atoms with E-state index in [1.165, 1.54) is 28.2 Å². The predicted molar refractivity (Wildman–Crippen MR) is 93.2 cm³/mol. The number of carboxylic acid groups (broad SMARTS) is 1. The Morgan fingerprint density at radius 3 is 2.65 bits per heavy atom. The van der Waals surface area contributed by atoms with Crippen molar-refractivity contribution >= 4 is 21.9 Å². The molecule has 0 aliphatic carbocycles. The second-order valence-corrected chi connectivity index (χ2v) is 8.98. The molecule has 1 amide bonds. The molecule has 2 rings (SSSR count). The van der Waals surface area contributed by atoms with Crippen LogP contribution in [0.4, 0.5) is 0 Å². The molecule has 1 saturated heterocycles. The molecule has 1 aliphatic rings. The number of nitrogens with one attached hydrogen (secondary N) is 1. The number of aliphatic hydroxyl groups is 1. The molecule has 10 heteroatoms. The molecule has 0 spiro atoms. The highest BCUT2D eigenvalue weighted by atomic mass is 32.2. The molecule has 0 aromatic carbocycles. The Kier molecular flexibility index (Phi) is 5.79. The molecule has 9 nitrogen and oxygen atoms in total. The SMILES string of the molecule is CC1CCCN(S(=O)(=O)c2cc(C(=O)NCC(C)(O)C(=O)O)n(C)c2)C1. The maximum atomic E-state index is 12.8. The summed E-state index contributed by atoms with van der Waals surface area (Å²) in [6, 6.07) is 1.26. The third-order valence-electron chi connectivity index (χ3n) is 4.52. The van der Waals surface area contributed by atoms with Crippen LogP contribution in [-0.4, -0.2) is 64.6 Å². The van der Waals surface area contributed by atoms with E-state index in [4.69, 9.17) is 5.11 Å². The van der Waals surface area contributed by atoms with E-state index < -0.39 is 34.0 Å². The summed E-state index contributed by atoms with van der Waals surface area (Å²) in [7, 11) is -2.17. The minimum absolute atomic E-state index is 0.0178. The van der Waals surface area contributed by atoms with Gasteiger partial charge in [-0.1, -0.05) is 6.92 Å². The molecule has 0 bridgehead atoms. The maximum Gasteiger partial charge on any atom is 0.337 e. The minimum atomic E-state index is -3.70. The summed E-state index contributed by atoms with van der Waals surface area (Å²) >= 11 is 0. The third kappa shape index (κ3) is 4.25. The zero-order valence-corrected chi connectivity index (χ0v) is 15.9. The van der Waals surface area contributed by atoms with Crippen LogP contribution < -0.4 is 5.32 Å². The van der Waals surface area contributed by atoms with Crippen molar-refractivity contribution in [2.24, 2.45) is 13.0 Å². The van der Waals surface area contributed by atoms with Crippen LogP contribution in [0.25, 0.3) is 0 Å². The van der Waals surface area contributed by atoms with Crippen molar-refractivity contribution in [1.82, 2.24) is 14.2 Å². The Bertz CT molecular complexity index is 799. The molecule has 2 heterocycles. The Labute approximate surface area is 152 Å². The molecule has 26 heavy (non-hydrogen) atoms. The molecule has 146 valence electrons. The largest absolute Gasteiger partial charge is 0.479 e. The van der Waals surface area contributed by atoms with Gasteiger partial charge in [-0.2, -0.15) is 4.31 Å². The average molecular weight is 387 g/mol. The normalized spacial score (nSPS) is 21.2. The second-order valence-electron chi connectivity index (χ2n) is 7.04. The van der Waals surface area contributed by atoms with Crippen molar-refractivity contribution in [3.8, 4) is 0 Å². The number of rotatable bonds is 6. The van der Waals surface area contributed by atoms with E-state index in [2.05, 4.69) is 5.32 Å². The number of amides is 1. The number of carboxylic acids is 1. The number of carbonyl (C=O) groups excluding carboxylic acids is 1. The molecular weight excluding hydrogens is 362 g/mol. The molecule has 0 radical (unpaired) electrons. The number of hydrogen-bond acceptors (Lipinski definition) is 5. The van der Waals surface area contributed by atoms with Crippen molar-refractivity contribution in [1.29, 1.82) is 0 Å². The van der Waals surface area contributed by atoms with Crippen molar-refractivity contribution in [2.75, 3.05) is 19.6 Å². The van der Waals surface area contributed by atoms with Gasteiger partial charge in [-0.05, 0) is 31.7 Å². The first-order valence-electron chi connectivity index (χ1n) is 8.35. The lowest BCUT2D eigenvalue weighted by molar-refractivity contribution is -0.155. The fourth-order valence-corrected chi connectivity index (χ4v) is 4.50. The Morgan fingerprint density at radius 2 is 2.08 bits per heavy atom. The highest BCUT2D eigenvalue weighted by molar-refractivity contribution is 7.89. The van der Waals surface area contributed by atoms with Crippen LogP contribution in [0.3, 0.4) is 0 Å². The van der Waals surface area contributed by atoms with Crippen LogP contribution >= 0.6 is 0 Å². The highest BCUT2D eigenvalue weighted by Gasteiger charge is 2.32. The Balaban J connectivity index is 2.17. The lowest BCUT2D eigenvalue weighted by Crippen LogP contribution is -2.46. The van der Waals surface area contributed by atoms with Gasteiger partial charge >= 0.3 is 5.97 Å². The number of aliphatic carboxylic acids is 1. The first-order valence-corrected chi connectivity index (χ1v) is 9.79. The monoisotopic (exact) mass is 387 g/mol. The highest BCUT2D eigenvalue weighted by Crippen LogP contribution is 2.24. The Hall–Kier alpha value is -1.91. The van der Waals surface area contributed by atoms with Crippen LogP contribution in [-0.2, 0) is 21.9 Å². The number of piperidine rings is 1. The van der Waals surface area contributed by atoms with E-state index in [9.17, 15) is 23.1 Å². The second kappa shape index (κ2) is 7.37. The maximum absolute atomic E-state index is 12.8. The van der Waals surface area contributed by atoms with Gasteiger partial charge in [0, 0.05) is 26.3 Å². The number of sulfonamides is 1. The van der Waals surface area contributed by atoms with Gasteiger partial charge in [0.25, 0.3) is 5.91 Å². The van der Waals surface area contributed by atoms with Gasteiger partial charge in [0.2, 0.25) is 10.0 Å². The number of hydrogen-bond donors (Lipinski definition) is 3. The standard InChI is InChI=1S/C16H25N3O6S/c1-11-5-4-6-19(8-11)26(24,25)12-7-13(18(3)9-12)14(20)17-10-16(2,23)15(21)22/h7,9,11,23H,4-6,8,10H2,1-3H3,(H,17,20)(H,21,22). The topological polar surface area (TPSA) is 129 Å². The molecule has 1 aromatic rings. The van der Waals surface area contributed by atoms with E-state index in [0.29, 0.717) is 13.1 Å². The zero-order valence-electron chi connectivity index (χ0n) is 15.1. The molecule has 2 atom stereocenters. The quantitative estimate of drug-likeness (QED) is 0.631. The van der Waals surface area contributed by atoms with Crippen LogP contribution in [0, 0.1) is 5.92 Å². The van der Waals surface area contributed by atoms with Gasteiger partial charge in [0.15, 0.2) is 5.60 Å². The van der Waals surface area contributed by atoms with Gasteiger partial charge in [-0.15, -0.1) is 0 Å². The number of aryl methyl sites for hydroxylation is 1.